The first-order chi connectivity index (χ1) is 8.61. The molecule has 0 aromatic heterocycles. The van der Waals surface area contributed by atoms with E-state index in [1.54, 1.807) is 0 Å². The van der Waals surface area contributed by atoms with Crippen molar-refractivity contribution in [3.05, 3.63) is 0 Å². The average Bonchev–Trinajstić information content (AvgIpc) is 2.30. The summed E-state index contributed by atoms with van der Waals surface area (Å²) < 4.78 is 0. The smallest absolute Gasteiger partial charge is 0.0144 e. The fourth-order valence-corrected chi connectivity index (χ4v) is 5.66. The molecule has 0 aromatic rings. The van der Waals surface area contributed by atoms with Gasteiger partial charge in [-0.15, -0.1) is 35.0 Å². The highest BCUT2D eigenvalue weighted by atomic mass is 33.8. The predicted molar refractivity (Wildman–Crippen MR) is 98.4 cm³/mol. The van der Waals surface area contributed by atoms with E-state index in [-0.39, 0.29) is 0 Å². The summed E-state index contributed by atoms with van der Waals surface area (Å²) in [6, 6.07) is 0. The second-order valence-electron chi connectivity index (χ2n) is 5.65. The van der Waals surface area contributed by atoms with Gasteiger partial charge in [0.2, 0.25) is 0 Å². The Morgan fingerprint density at radius 3 is 1.06 bits per heavy atom. The van der Waals surface area contributed by atoms with Gasteiger partial charge in [0.25, 0.3) is 0 Å². The van der Waals surface area contributed by atoms with Crippen LogP contribution in [0.1, 0.15) is 83.5 Å². The Labute approximate surface area is 130 Å². The molecule has 0 heterocycles. The molecule has 0 atom stereocenters. The van der Waals surface area contributed by atoms with Gasteiger partial charge in [-0.2, -0.15) is 0 Å². The quantitative estimate of drug-likeness (QED) is 0.343. The summed E-state index contributed by atoms with van der Waals surface area (Å²) in [7, 11) is -1.25. The van der Waals surface area contributed by atoms with Crippen LogP contribution < -0.4 is 0 Å². The molecule has 0 aromatic carbocycles. The fraction of sp³-hybridized carbons (Fsp3) is 1.00. The van der Waals surface area contributed by atoms with E-state index < -0.39 is 7.12 Å². The molecular formula is C14H30S4. The van der Waals surface area contributed by atoms with Crippen molar-refractivity contribution in [1.82, 2.24) is 0 Å². The summed E-state index contributed by atoms with van der Waals surface area (Å²) in [5.74, 6) is 0. The molecule has 0 amide bonds. The summed E-state index contributed by atoms with van der Waals surface area (Å²) in [6.07, 6.45) is 18.1. The molecule has 1 rings (SSSR count). The molecule has 0 aliphatic heterocycles. The van der Waals surface area contributed by atoms with Crippen LogP contribution in [0.2, 0.25) is 0 Å². The number of hydrogen-bond acceptors (Lipinski definition) is 3. The highest BCUT2D eigenvalue weighted by Crippen LogP contribution is 2.67. The lowest BCUT2D eigenvalue weighted by Crippen LogP contribution is -2.08. The minimum Gasteiger partial charge on any atom is -0.112 e. The molecule has 18 heavy (non-hydrogen) atoms. The van der Waals surface area contributed by atoms with Crippen LogP contribution in [0.5, 0.6) is 0 Å². The molecular weight excluding hydrogens is 296 g/mol. The Morgan fingerprint density at radius 1 is 0.500 bits per heavy atom. The maximum Gasteiger partial charge on any atom is 0.0144 e. The van der Waals surface area contributed by atoms with Crippen LogP contribution in [0.3, 0.4) is 0 Å². The summed E-state index contributed by atoms with van der Waals surface area (Å²) in [6.45, 7) is 0. The van der Waals surface area contributed by atoms with Crippen molar-refractivity contribution in [1.29, 1.82) is 0 Å². The van der Waals surface area contributed by atoms with E-state index in [9.17, 15) is 0 Å². The van der Waals surface area contributed by atoms with Crippen molar-refractivity contribution < 1.29 is 0 Å². The van der Waals surface area contributed by atoms with Gasteiger partial charge in [0, 0.05) is 5.25 Å². The number of hydrogen-bond donors (Lipinski definition) is 3. The van der Waals surface area contributed by atoms with Crippen LogP contribution in [-0.4, -0.2) is 5.25 Å². The van der Waals surface area contributed by atoms with Gasteiger partial charge < -0.3 is 0 Å². The monoisotopic (exact) mass is 326 g/mol. The van der Waals surface area contributed by atoms with Crippen molar-refractivity contribution in [2.75, 3.05) is 0 Å². The van der Waals surface area contributed by atoms with Gasteiger partial charge in [0.1, 0.15) is 0 Å². The SMILES string of the molecule is SS(S)(S)C1CCCCCCCCCCCCC1. The van der Waals surface area contributed by atoms with Gasteiger partial charge in [0.05, 0.1) is 0 Å². The van der Waals surface area contributed by atoms with E-state index in [4.69, 9.17) is 0 Å². The molecule has 1 saturated carbocycles. The number of rotatable bonds is 1. The van der Waals surface area contributed by atoms with Crippen LogP contribution >= 0.6 is 42.1 Å². The van der Waals surface area contributed by atoms with Gasteiger partial charge in [-0.25, -0.2) is 0 Å². The molecule has 0 bridgehead atoms. The molecule has 0 N–H and O–H groups in total. The lowest BCUT2D eigenvalue weighted by Gasteiger charge is -2.32. The average molecular weight is 327 g/mol. The Bertz CT molecular complexity index is 186. The molecule has 1 aliphatic rings. The first-order valence-corrected chi connectivity index (χ1v) is 12.5. The van der Waals surface area contributed by atoms with E-state index in [2.05, 4.69) is 35.0 Å². The first-order valence-electron chi connectivity index (χ1n) is 7.60. The van der Waals surface area contributed by atoms with Crippen molar-refractivity contribution in [3.63, 3.8) is 0 Å². The van der Waals surface area contributed by atoms with E-state index in [0.717, 1.165) is 0 Å². The number of thiol groups is 3. The van der Waals surface area contributed by atoms with Crippen molar-refractivity contribution in [3.8, 4) is 0 Å². The fourth-order valence-electron chi connectivity index (χ4n) is 2.80. The van der Waals surface area contributed by atoms with Crippen LogP contribution in [0.15, 0.2) is 0 Å². The maximum absolute atomic E-state index is 4.64. The van der Waals surface area contributed by atoms with Crippen molar-refractivity contribution in [2.45, 2.75) is 88.7 Å². The van der Waals surface area contributed by atoms with E-state index in [1.165, 1.54) is 83.5 Å². The van der Waals surface area contributed by atoms with E-state index in [0.29, 0.717) is 5.25 Å². The van der Waals surface area contributed by atoms with Crippen molar-refractivity contribution in [2.24, 2.45) is 0 Å². The van der Waals surface area contributed by atoms with Gasteiger partial charge in [-0.1, -0.05) is 77.8 Å². The predicted octanol–water partition coefficient (Wildman–Crippen LogP) is 6.78. The zero-order valence-corrected chi connectivity index (χ0v) is 15.0. The summed E-state index contributed by atoms with van der Waals surface area (Å²) in [5, 5.41) is 0.635. The Morgan fingerprint density at radius 2 is 0.778 bits per heavy atom. The normalized spacial score (nSPS) is 24.4. The molecule has 4 heteroatoms. The Kier molecular flexibility index (Phi) is 9.86. The van der Waals surface area contributed by atoms with Crippen LogP contribution in [0, 0.1) is 0 Å². The van der Waals surface area contributed by atoms with Gasteiger partial charge in [-0.05, 0) is 12.8 Å². The standard InChI is InChI=1S/C14H30S4/c15-18(16,17)14-12-10-8-6-4-2-1-3-5-7-9-11-13-14/h14-17H,1-13H2. The van der Waals surface area contributed by atoms with Crippen LogP contribution in [0.25, 0.3) is 0 Å². The first kappa shape index (κ1) is 17.5. The minimum atomic E-state index is -1.25. The Balaban J connectivity index is 2.34. The second kappa shape index (κ2) is 10.2. The molecule has 0 saturated heterocycles. The molecule has 0 nitrogen and oxygen atoms in total. The highest BCUT2D eigenvalue weighted by Gasteiger charge is 2.22. The zero-order chi connectivity index (χ0) is 13.3. The van der Waals surface area contributed by atoms with Gasteiger partial charge in [0.15, 0.2) is 0 Å². The maximum atomic E-state index is 4.64. The van der Waals surface area contributed by atoms with E-state index in [1.807, 2.05) is 0 Å². The molecule has 1 aliphatic carbocycles. The van der Waals surface area contributed by atoms with Crippen molar-refractivity contribution >= 4 is 42.1 Å². The lowest BCUT2D eigenvalue weighted by atomic mass is 10.0. The van der Waals surface area contributed by atoms with Crippen LogP contribution in [0.4, 0.5) is 0 Å². The minimum absolute atomic E-state index is 0.635. The molecule has 0 radical (unpaired) electrons. The molecule has 110 valence electrons. The largest absolute Gasteiger partial charge is 0.112 e. The summed E-state index contributed by atoms with van der Waals surface area (Å²) in [4.78, 5) is 0. The topological polar surface area (TPSA) is 0 Å². The van der Waals surface area contributed by atoms with E-state index >= 15 is 0 Å². The summed E-state index contributed by atoms with van der Waals surface area (Å²) >= 11 is 13.9. The third-order valence-corrected chi connectivity index (χ3v) is 8.05. The zero-order valence-electron chi connectivity index (χ0n) is 11.5. The summed E-state index contributed by atoms with van der Waals surface area (Å²) in [5.41, 5.74) is 0. The molecule has 1 fully saturated rings. The third kappa shape index (κ3) is 8.55. The molecule has 0 spiro atoms. The molecule has 0 unspecified atom stereocenters. The highest BCUT2D eigenvalue weighted by molar-refractivity contribution is 9.40. The van der Waals surface area contributed by atoms with Gasteiger partial charge >= 0.3 is 0 Å². The second-order valence-corrected chi connectivity index (χ2v) is 15.2. The third-order valence-electron chi connectivity index (χ3n) is 4.00. The Hall–Kier alpha value is 1.40. The van der Waals surface area contributed by atoms with Crippen LogP contribution in [-0.2, 0) is 0 Å². The lowest BCUT2D eigenvalue weighted by molar-refractivity contribution is 0.509. The van der Waals surface area contributed by atoms with Gasteiger partial charge in [-0.3, -0.25) is 0 Å².